The molecular weight excluding hydrogens is 548 g/mol. The Kier molecular flexibility index (Phi) is 32.4. The van der Waals surface area contributed by atoms with Crippen molar-refractivity contribution in [1.29, 1.82) is 0 Å². The number of carbonyl (C=O) groups excluding carboxylic acids is 2. The van der Waals surface area contributed by atoms with Crippen LogP contribution in [0.1, 0.15) is 188 Å². The summed E-state index contributed by atoms with van der Waals surface area (Å²) in [5.74, 6) is 0.521. The third kappa shape index (κ3) is 28.3. The van der Waals surface area contributed by atoms with E-state index in [1.807, 2.05) is 0 Å². The zero-order valence-corrected chi connectivity index (χ0v) is 30.0. The van der Waals surface area contributed by atoms with Crippen molar-refractivity contribution in [1.82, 2.24) is 4.90 Å². The lowest BCUT2D eigenvalue weighted by molar-refractivity contribution is -0.150. The van der Waals surface area contributed by atoms with Crippen molar-refractivity contribution in [3.05, 3.63) is 0 Å². The van der Waals surface area contributed by atoms with E-state index in [0.717, 1.165) is 70.9 Å². The van der Waals surface area contributed by atoms with E-state index in [9.17, 15) is 9.59 Å². The molecule has 262 valence electrons. The van der Waals surface area contributed by atoms with Crippen LogP contribution in [0, 0.1) is 5.92 Å². The van der Waals surface area contributed by atoms with Gasteiger partial charge in [-0.25, -0.2) is 0 Å². The van der Waals surface area contributed by atoms with Gasteiger partial charge >= 0.3 is 11.9 Å². The van der Waals surface area contributed by atoms with Crippen molar-refractivity contribution in [2.75, 3.05) is 32.8 Å². The summed E-state index contributed by atoms with van der Waals surface area (Å²) in [6.07, 6.45) is 28.0. The topological polar surface area (TPSA) is 81.9 Å². The lowest BCUT2D eigenvalue weighted by atomic mass is 10.00. The molecule has 0 rings (SSSR count). The van der Waals surface area contributed by atoms with Gasteiger partial charge in [-0.15, -0.1) is 0 Å². The predicted molar refractivity (Wildman–Crippen MR) is 188 cm³/mol. The van der Waals surface area contributed by atoms with Gasteiger partial charge in [-0.1, -0.05) is 118 Å². The number of carbonyl (C=O) groups is 2. The van der Waals surface area contributed by atoms with Gasteiger partial charge in [-0.3, -0.25) is 9.59 Å². The molecule has 0 radical (unpaired) electrons. The number of ether oxygens (including phenoxy) is 2. The molecule has 0 amide bonds. The minimum atomic E-state index is -0.00668. The summed E-state index contributed by atoms with van der Waals surface area (Å²) in [5, 5.41) is 0. The first kappa shape index (κ1) is 42.9. The van der Waals surface area contributed by atoms with E-state index in [-0.39, 0.29) is 18.0 Å². The summed E-state index contributed by atoms with van der Waals surface area (Å²) in [4.78, 5) is 26.9. The predicted octanol–water partition coefficient (Wildman–Crippen LogP) is 10.2. The number of nitrogens with two attached hydrogens (primary N) is 1. The lowest BCUT2D eigenvalue weighted by Gasteiger charge is -2.22. The second-order valence-corrected chi connectivity index (χ2v) is 13.2. The van der Waals surface area contributed by atoms with Crippen molar-refractivity contribution < 1.29 is 19.1 Å². The van der Waals surface area contributed by atoms with Crippen LogP contribution in [0.5, 0.6) is 0 Å². The molecule has 6 heteroatoms. The van der Waals surface area contributed by atoms with Crippen molar-refractivity contribution in [2.45, 2.75) is 194 Å². The maximum atomic E-state index is 12.2. The highest BCUT2D eigenvalue weighted by atomic mass is 16.5. The average molecular weight is 625 g/mol. The van der Waals surface area contributed by atoms with Gasteiger partial charge in [0.15, 0.2) is 0 Å². The third-order valence-corrected chi connectivity index (χ3v) is 9.05. The first-order valence-corrected chi connectivity index (χ1v) is 19.3. The zero-order chi connectivity index (χ0) is 32.5. The van der Waals surface area contributed by atoms with Gasteiger partial charge in [0.25, 0.3) is 0 Å². The Morgan fingerprint density at radius 1 is 0.568 bits per heavy atom. The number of hydrogen-bond acceptors (Lipinski definition) is 6. The van der Waals surface area contributed by atoms with Gasteiger partial charge in [0.1, 0.15) is 6.10 Å². The number of nitrogens with zero attached hydrogens (tertiary/aromatic N) is 1. The monoisotopic (exact) mass is 625 g/mol. The number of rotatable bonds is 34. The van der Waals surface area contributed by atoms with Crippen molar-refractivity contribution >= 4 is 11.9 Å². The summed E-state index contributed by atoms with van der Waals surface area (Å²) in [7, 11) is 0. The molecule has 44 heavy (non-hydrogen) atoms. The smallest absolute Gasteiger partial charge is 0.306 e. The highest BCUT2D eigenvalue weighted by Gasteiger charge is 2.12. The summed E-state index contributed by atoms with van der Waals surface area (Å²) < 4.78 is 11.2. The average Bonchev–Trinajstić information content (AvgIpc) is 3.03. The molecule has 2 atom stereocenters. The largest absolute Gasteiger partial charge is 0.465 e. The lowest BCUT2D eigenvalue weighted by Crippen LogP contribution is -2.28. The Labute approximate surface area is 274 Å². The van der Waals surface area contributed by atoms with Crippen molar-refractivity contribution in [3.8, 4) is 0 Å². The number of unbranched alkanes of at least 4 members (excludes halogenated alkanes) is 14. The van der Waals surface area contributed by atoms with Crippen LogP contribution in [0.3, 0.4) is 0 Å². The fraction of sp³-hybridized carbons (Fsp3) is 0.947. The van der Waals surface area contributed by atoms with Crippen molar-refractivity contribution in [2.24, 2.45) is 11.7 Å². The number of hydrogen-bond donors (Lipinski definition) is 1. The summed E-state index contributed by atoms with van der Waals surface area (Å²) in [6, 6.07) is 0. The molecule has 0 aliphatic carbocycles. The Hall–Kier alpha value is -1.14. The molecule has 6 nitrogen and oxygen atoms in total. The standard InChI is InChI=1S/C38H76N2O4/c1-5-9-19-26-35(7-3)34-43-37(41)28-21-15-11-13-17-23-31-40(33-25-30-39)32-24-18-14-12-16-22-29-38(42)44-36(8-4)27-20-10-6-2/h35-36H,5-34,39H2,1-4H3. The first-order chi connectivity index (χ1) is 21.5. The maximum Gasteiger partial charge on any atom is 0.306 e. The van der Waals surface area contributed by atoms with Crippen LogP contribution >= 0.6 is 0 Å². The molecule has 0 aromatic heterocycles. The molecule has 2 unspecified atom stereocenters. The molecule has 0 aliphatic heterocycles. The normalized spacial score (nSPS) is 12.9. The van der Waals surface area contributed by atoms with Gasteiger partial charge in [0.05, 0.1) is 6.61 Å². The number of esters is 2. The maximum absolute atomic E-state index is 12.2. The molecule has 0 heterocycles. The molecule has 0 saturated carbocycles. The Morgan fingerprint density at radius 2 is 1.07 bits per heavy atom. The van der Waals surface area contributed by atoms with E-state index in [0.29, 0.717) is 25.4 Å². The van der Waals surface area contributed by atoms with Gasteiger partial charge in [0, 0.05) is 12.8 Å². The van der Waals surface area contributed by atoms with E-state index < -0.39 is 0 Å². The van der Waals surface area contributed by atoms with E-state index in [4.69, 9.17) is 15.2 Å². The Morgan fingerprint density at radius 3 is 1.59 bits per heavy atom. The van der Waals surface area contributed by atoms with Gasteiger partial charge in [-0.05, 0) is 89.9 Å². The van der Waals surface area contributed by atoms with E-state index >= 15 is 0 Å². The minimum absolute atomic E-state index is 0.00233. The highest BCUT2D eigenvalue weighted by molar-refractivity contribution is 5.69. The van der Waals surface area contributed by atoms with Gasteiger partial charge < -0.3 is 20.1 Å². The van der Waals surface area contributed by atoms with Crippen molar-refractivity contribution in [3.63, 3.8) is 0 Å². The van der Waals surface area contributed by atoms with Crippen LogP contribution in [-0.2, 0) is 19.1 Å². The molecule has 0 aromatic rings. The molecule has 0 fully saturated rings. The van der Waals surface area contributed by atoms with Crippen LogP contribution in [0.15, 0.2) is 0 Å². The summed E-state index contributed by atoms with van der Waals surface area (Å²) in [5.41, 5.74) is 5.80. The van der Waals surface area contributed by atoms with Crippen LogP contribution in [0.25, 0.3) is 0 Å². The third-order valence-electron chi connectivity index (χ3n) is 9.05. The fourth-order valence-electron chi connectivity index (χ4n) is 5.86. The molecule has 0 aromatic carbocycles. The second-order valence-electron chi connectivity index (χ2n) is 13.2. The Bertz CT molecular complexity index is 630. The zero-order valence-electron chi connectivity index (χ0n) is 30.0. The molecule has 0 bridgehead atoms. The molecule has 0 aliphatic rings. The van der Waals surface area contributed by atoms with Crippen LogP contribution < -0.4 is 5.73 Å². The van der Waals surface area contributed by atoms with Gasteiger partial charge in [0.2, 0.25) is 0 Å². The Balaban J connectivity index is 3.82. The molecule has 0 spiro atoms. The highest BCUT2D eigenvalue weighted by Crippen LogP contribution is 2.16. The summed E-state index contributed by atoms with van der Waals surface area (Å²) in [6.45, 7) is 13.6. The molecule has 0 saturated heterocycles. The second kappa shape index (κ2) is 33.2. The molecule has 2 N–H and O–H groups in total. The van der Waals surface area contributed by atoms with E-state index in [2.05, 4.69) is 32.6 Å². The molecular formula is C38H76N2O4. The summed E-state index contributed by atoms with van der Waals surface area (Å²) >= 11 is 0. The van der Waals surface area contributed by atoms with Gasteiger partial charge in [-0.2, -0.15) is 0 Å². The van der Waals surface area contributed by atoms with E-state index in [1.165, 1.54) is 103 Å². The fourth-order valence-corrected chi connectivity index (χ4v) is 5.86. The van der Waals surface area contributed by atoms with Crippen LogP contribution in [0.4, 0.5) is 0 Å². The van der Waals surface area contributed by atoms with Crippen LogP contribution in [-0.4, -0.2) is 55.7 Å². The minimum Gasteiger partial charge on any atom is -0.465 e. The van der Waals surface area contributed by atoms with Crippen LogP contribution in [0.2, 0.25) is 0 Å². The SMILES string of the molecule is CCCCCC(CC)COC(=O)CCCCCCCCN(CCCN)CCCCCCCCC(=O)OC(CC)CCCCC. The first-order valence-electron chi connectivity index (χ1n) is 19.3. The van der Waals surface area contributed by atoms with E-state index in [1.54, 1.807) is 0 Å². The quantitative estimate of drug-likeness (QED) is 0.0567.